The van der Waals surface area contributed by atoms with Gasteiger partial charge in [0.1, 0.15) is 5.60 Å². The van der Waals surface area contributed by atoms with Crippen LogP contribution in [0.25, 0.3) is 0 Å². The Balaban J connectivity index is 1.95. The maximum Gasteiger partial charge on any atom is 0.144 e. The first-order valence-electron chi connectivity index (χ1n) is 10.8. The van der Waals surface area contributed by atoms with Gasteiger partial charge in [-0.15, -0.1) is 0 Å². The van der Waals surface area contributed by atoms with Gasteiger partial charge in [-0.25, -0.2) is 0 Å². The molecule has 0 aliphatic rings. The Labute approximate surface area is 186 Å². The number of ether oxygens (including phenoxy) is 1. The van der Waals surface area contributed by atoms with E-state index in [1.807, 2.05) is 25.1 Å². The zero-order chi connectivity index (χ0) is 22.1. The molecule has 31 heavy (non-hydrogen) atoms. The first-order chi connectivity index (χ1) is 15.0. The Morgan fingerprint density at radius 1 is 0.839 bits per heavy atom. The van der Waals surface area contributed by atoms with Gasteiger partial charge < -0.3 is 9.84 Å². The fourth-order valence-electron chi connectivity index (χ4n) is 3.79. The monoisotopic (exact) mass is 412 g/mol. The minimum atomic E-state index is -0.711. The van der Waals surface area contributed by atoms with Gasteiger partial charge in [0.25, 0.3) is 0 Å². The summed E-state index contributed by atoms with van der Waals surface area (Å²) in [6.45, 7) is 8.25. The Morgan fingerprint density at radius 3 is 1.65 bits per heavy atom. The fraction of sp³-hybridized carbons (Fsp3) is 0.241. The number of allylic oxidation sites excluding steroid dienone is 1. The highest BCUT2D eigenvalue weighted by Crippen LogP contribution is 2.40. The molecule has 3 rings (SSSR count). The second kappa shape index (κ2) is 10.9. The van der Waals surface area contributed by atoms with E-state index in [2.05, 4.69) is 92.4 Å². The van der Waals surface area contributed by atoms with Crippen molar-refractivity contribution in [1.29, 1.82) is 0 Å². The second-order valence-corrected chi connectivity index (χ2v) is 8.04. The van der Waals surface area contributed by atoms with Crippen molar-refractivity contribution in [2.24, 2.45) is 0 Å². The molecule has 0 saturated heterocycles. The number of aliphatic hydroxyl groups is 1. The van der Waals surface area contributed by atoms with E-state index in [9.17, 15) is 5.11 Å². The normalized spacial score (nSPS) is 13.1. The van der Waals surface area contributed by atoms with Crippen molar-refractivity contribution in [3.63, 3.8) is 0 Å². The maximum absolute atomic E-state index is 10.0. The SMILES string of the molecule is C=C(C)C(O)CC/C(C)=C/COC(c1ccccc1)(c1ccccc1)c1ccccc1. The first kappa shape index (κ1) is 22.7. The van der Waals surface area contributed by atoms with Gasteiger partial charge in [-0.3, -0.25) is 0 Å². The van der Waals surface area contributed by atoms with Crippen molar-refractivity contribution >= 4 is 0 Å². The molecule has 0 aliphatic carbocycles. The Bertz CT molecular complexity index is 878. The molecule has 0 amide bonds. The average molecular weight is 413 g/mol. The topological polar surface area (TPSA) is 29.5 Å². The molecule has 0 heterocycles. The minimum Gasteiger partial charge on any atom is -0.389 e. The lowest BCUT2D eigenvalue weighted by Crippen LogP contribution is -2.33. The molecular formula is C29H32O2. The molecule has 0 aromatic heterocycles. The van der Waals surface area contributed by atoms with E-state index < -0.39 is 11.7 Å². The number of hydrogen-bond acceptors (Lipinski definition) is 2. The van der Waals surface area contributed by atoms with Crippen molar-refractivity contribution in [2.45, 2.75) is 38.4 Å². The van der Waals surface area contributed by atoms with Crippen molar-refractivity contribution < 1.29 is 9.84 Å². The lowest BCUT2D eigenvalue weighted by molar-refractivity contribution is 0.0316. The Kier molecular flexibility index (Phi) is 8.00. The Morgan fingerprint density at radius 2 is 1.26 bits per heavy atom. The summed E-state index contributed by atoms with van der Waals surface area (Å²) < 4.78 is 6.76. The zero-order valence-electron chi connectivity index (χ0n) is 18.5. The van der Waals surface area contributed by atoms with Crippen LogP contribution < -0.4 is 0 Å². The van der Waals surface area contributed by atoms with E-state index in [4.69, 9.17) is 4.74 Å². The van der Waals surface area contributed by atoms with Gasteiger partial charge in [0.2, 0.25) is 0 Å². The van der Waals surface area contributed by atoms with E-state index >= 15 is 0 Å². The fourth-order valence-corrected chi connectivity index (χ4v) is 3.79. The molecule has 1 atom stereocenters. The molecule has 0 saturated carbocycles. The average Bonchev–Trinajstić information content (AvgIpc) is 2.82. The smallest absolute Gasteiger partial charge is 0.144 e. The van der Waals surface area contributed by atoms with E-state index in [0.29, 0.717) is 13.0 Å². The number of rotatable bonds is 10. The third-order valence-electron chi connectivity index (χ3n) is 5.65. The maximum atomic E-state index is 10.0. The summed E-state index contributed by atoms with van der Waals surface area (Å²) in [7, 11) is 0. The summed E-state index contributed by atoms with van der Waals surface area (Å²) in [4.78, 5) is 0. The van der Waals surface area contributed by atoms with E-state index in [1.54, 1.807) is 0 Å². The van der Waals surface area contributed by atoms with Crippen LogP contribution in [0.4, 0.5) is 0 Å². The minimum absolute atomic E-state index is 0.457. The standard InChI is InChI=1S/C29H32O2/c1-23(2)28(30)20-19-24(3)21-22-31-29(25-13-7-4-8-14-25,26-15-9-5-10-16-26)27-17-11-6-12-18-27/h4-18,21,28,30H,1,19-20,22H2,2-3H3/b24-21+. The van der Waals surface area contributed by atoms with Crippen LogP contribution in [-0.2, 0) is 10.3 Å². The van der Waals surface area contributed by atoms with Crippen LogP contribution in [0.3, 0.4) is 0 Å². The molecule has 1 N–H and O–H groups in total. The van der Waals surface area contributed by atoms with Gasteiger partial charge in [-0.1, -0.05) is 115 Å². The third-order valence-corrected chi connectivity index (χ3v) is 5.65. The van der Waals surface area contributed by atoms with E-state index in [0.717, 1.165) is 28.7 Å². The summed E-state index contributed by atoms with van der Waals surface area (Å²) in [6.07, 6.45) is 3.15. The molecular weight excluding hydrogens is 380 g/mol. The number of aliphatic hydroxyl groups excluding tert-OH is 1. The second-order valence-electron chi connectivity index (χ2n) is 8.04. The molecule has 2 nitrogen and oxygen atoms in total. The number of hydrogen-bond donors (Lipinski definition) is 1. The Hall–Kier alpha value is -2.94. The van der Waals surface area contributed by atoms with Crippen LogP contribution >= 0.6 is 0 Å². The van der Waals surface area contributed by atoms with Crippen LogP contribution in [0.5, 0.6) is 0 Å². The quantitative estimate of drug-likeness (QED) is 0.298. The summed E-state index contributed by atoms with van der Waals surface area (Å²) in [6, 6.07) is 31.2. The van der Waals surface area contributed by atoms with Gasteiger partial charge in [0.15, 0.2) is 0 Å². The summed E-state index contributed by atoms with van der Waals surface area (Å²) in [5.41, 5.74) is 4.57. The van der Waals surface area contributed by atoms with Crippen LogP contribution in [0.2, 0.25) is 0 Å². The molecule has 0 aliphatic heterocycles. The third kappa shape index (κ3) is 5.61. The summed E-state index contributed by atoms with van der Waals surface area (Å²) in [5, 5.41) is 10.0. The lowest BCUT2D eigenvalue weighted by Gasteiger charge is -2.35. The van der Waals surface area contributed by atoms with Gasteiger partial charge >= 0.3 is 0 Å². The summed E-state index contributed by atoms with van der Waals surface area (Å²) >= 11 is 0. The largest absolute Gasteiger partial charge is 0.389 e. The van der Waals surface area contributed by atoms with Crippen LogP contribution in [0.1, 0.15) is 43.4 Å². The van der Waals surface area contributed by atoms with Gasteiger partial charge in [-0.2, -0.15) is 0 Å². The van der Waals surface area contributed by atoms with Gasteiger partial charge in [0, 0.05) is 0 Å². The highest BCUT2D eigenvalue weighted by atomic mass is 16.5. The van der Waals surface area contributed by atoms with Crippen molar-refractivity contribution in [3.05, 3.63) is 131 Å². The molecule has 160 valence electrons. The highest BCUT2D eigenvalue weighted by Gasteiger charge is 2.37. The number of benzene rings is 3. The van der Waals surface area contributed by atoms with Crippen LogP contribution in [-0.4, -0.2) is 17.8 Å². The molecule has 1 unspecified atom stereocenters. The van der Waals surface area contributed by atoms with Crippen molar-refractivity contribution in [3.8, 4) is 0 Å². The summed E-state index contributed by atoms with van der Waals surface area (Å²) in [5.74, 6) is 0. The first-order valence-corrected chi connectivity index (χ1v) is 10.8. The van der Waals surface area contributed by atoms with Crippen LogP contribution in [0, 0.1) is 0 Å². The van der Waals surface area contributed by atoms with Crippen molar-refractivity contribution in [1.82, 2.24) is 0 Å². The molecule has 3 aromatic rings. The van der Waals surface area contributed by atoms with Crippen molar-refractivity contribution in [2.75, 3.05) is 6.61 Å². The highest BCUT2D eigenvalue weighted by molar-refractivity contribution is 5.47. The van der Waals surface area contributed by atoms with E-state index in [-0.39, 0.29) is 0 Å². The molecule has 0 spiro atoms. The van der Waals surface area contributed by atoms with Crippen LogP contribution in [0.15, 0.2) is 115 Å². The van der Waals surface area contributed by atoms with E-state index in [1.165, 1.54) is 5.57 Å². The predicted octanol–water partition coefficient (Wildman–Crippen LogP) is 6.66. The van der Waals surface area contributed by atoms with Gasteiger partial charge in [0.05, 0.1) is 12.7 Å². The zero-order valence-corrected chi connectivity index (χ0v) is 18.5. The molecule has 2 heteroatoms. The molecule has 0 bridgehead atoms. The lowest BCUT2D eigenvalue weighted by atomic mass is 9.80. The predicted molar refractivity (Wildman–Crippen MR) is 129 cm³/mol. The molecule has 0 radical (unpaired) electrons. The molecule has 0 fully saturated rings. The van der Waals surface area contributed by atoms with Gasteiger partial charge in [-0.05, 0) is 43.4 Å². The molecule has 3 aromatic carbocycles.